The van der Waals surface area contributed by atoms with Gasteiger partial charge in [-0.1, -0.05) is 42.5 Å². The van der Waals surface area contributed by atoms with Crippen molar-refractivity contribution in [2.75, 3.05) is 7.05 Å². The molecule has 128 valence electrons. The van der Waals surface area contributed by atoms with Gasteiger partial charge in [0.15, 0.2) is 0 Å². The molecule has 3 aromatic rings. The fraction of sp³-hybridized carbons (Fsp3) is 0.200. The minimum absolute atomic E-state index is 0.0148. The molecule has 5 nitrogen and oxygen atoms in total. The molecule has 0 aliphatic rings. The molecule has 1 atom stereocenters. The minimum Gasteiger partial charge on any atom is -0.508 e. The summed E-state index contributed by atoms with van der Waals surface area (Å²) in [4.78, 5) is 12.6. The fourth-order valence-electron chi connectivity index (χ4n) is 3.07. The van der Waals surface area contributed by atoms with Crippen LogP contribution in [0.1, 0.15) is 24.1 Å². The van der Waals surface area contributed by atoms with Crippen LogP contribution in [0.4, 0.5) is 5.69 Å². The lowest BCUT2D eigenvalue weighted by Gasteiger charge is -2.26. The first-order valence-electron chi connectivity index (χ1n) is 8.11. The first-order valence-corrected chi connectivity index (χ1v) is 8.11. The van der Waals surface area contributed by atoms with E-state index < -0.39 is 4.92 Å². The average molecular weight is 336 g/mol. The smallest absolute Gasteiger partial charge is 0.270 e. The number of nitro benzene ring substituents is 1. The third-order valence-corrected chi connectivity index (χ3v) is 4.63. The van der Waals surface area contributed by atoms with Crippen molar-refractivity contribution in [1.29, 1.82) is 0 Å². The molecule has 0 aromatic heterocycles. The van der Waals surface area contributed by atoms with Gasteiger partial charge in [0.1, 0.15) is 5.75 Å². The van der Waals surface area contributed by atoms with Crippen molar-refractivity contribution in [3.63, 3.8) is 0 Å². The monoisotopic (exact) mass is 336 g/mol. The van der Waals surface area contributed by atoms with E-state index in [4.69, 9.17) is 0 Å². The lowest BCUT2D eigenvalue weighted by atomic mass is 9.98. The van der Waals surface area contributed by atoms with E-state index in [-0.39, 0.29) is 17.5 Å². The topological polar surface area (TPSA) is 66.6 Å². The maximum absolute atomic E-state index is 11.0. The molecule has 0 fully saturated rings. The Hall–Kier alpha value is -2.92. The Balaban J connectivity index is 1.89. The van der Waals surface area contributed by atoms with Gasteiger partial charge in [-0.3, -0.25) is 15.0 Å². The van der Waals surface area contributed by atoms with Gasteiger partial charge < -0.3 is 5.11 Å². The fourth-order valence-corrected chi connectivity index (χ4v) is 3.07. The zero-order chi connectivity index (χ0) is 18.0. The number of fused-ring (bicyclic) bond motifs is 1. The molecule has 3 aromatic carbocycles. The number of rotatable bonds is 5. The number of phenolic OH excluding ortho intramolecular Hbond substituents is 1. The van der Waals surface area contributed by atoms with Crippen molar-refractivity contribution in [2.45, 2.75) is 19.5 Å². The largest absolute Gasteiger partial charge is 0.508 e. The first kappa shape index (κ1) is 16.9. The highest BCUT2D eigenvalue weighted by Crippen LogP contribution is 2.30. The minimum atomic E-state index is -0.447. The molecule has 0 saturated heterocycles. The summed E-state index contributed by atoms with van der Waals surface area (Å²) in [5.41, 5.74) is 1.72. The highest BCUT2D eigenvalue weighted by Gasteiger charge is 2.17. The Bertz CT molecular complexity index is 918. The van der Waals surface area contributed by atoms with Gasteiger partial charge in [0.25, 0.3) is 5.69 Å². The quantitative estimate of drug-likeness (QED) is 0.544. The van der Waals surface area contributed by atoms with Crippen molar-refractivity contribution >= 4 is 16.5 Å². The standard InChI is InChI=1S/C20H20N2O3/c1-14(18-9-5-7-15-6-3-4-8-19(15)18)21(2)13-16-12-17(22(24)25)10-11-20(16)23/h3-12,14,23H,13H2,1-2H3/t14-/m1/s1. The second kappa shape index (κ2) is 6.91. The molecular weight excluding hydrogens is 316 g/mol. The third kappa shape index (κ3) is 3.46. The summed E-state index contributed by atoms with van der Waals surface area (Å²) in [5, 5.41) is 23.4. The number of aromatic hydroxyl groups is 1. The van der Waals surface area contributed by atoms with Crippen LogP contribution in [0.15, 0.2) is 60.7 Å². The van der Waals surface area contributed by atoms with Gasteiger partial charge in [-0.05, 0) is 36.4 Å². The van der Waals surface area contributed by atoms with Crippen LogP contribution in [0.3, 0.4) is 0 Å². The number of nitrogens with zero attached hydrogens (tertiary/aromatic N) is 2. The van der Waals surface area contributed by atoms with Gasteiger partial charge in [0.2, 0.25) is 0 Å². The van der Waals surface area contributed by atoms with Crippen molar-refractivity contribution in [3.8, 4) is 5.75 Å². The zero-order valence-corrected chi connectivity index (χ0v) is 14.2. The van der Waals surface area contributed by atoms with Gasteiger partial charge in [-0.2, -0.15) is 0 Å². The Morgan fingerprint density at radius 1 is 1.12 bits per heavy atom. The first-order chi connectivity index (χ1) is 12.0. The van der Waals surface area contributed by atoms with Crippen molar-refractivity contribution < 1.29 is 10.0 Å². The predicted octanol–water partition coefficient (Wildman–Crippen LogP) is 4.65. The van der Waals surface area contributed by atoms with Crippen LogP contribution in [0, 0.1) is 10.1 Å². The number of hydrogen-bond donors (Lipinski definition) is 1. The lowest BCUT2D eigenvalue weighted by molar-refractivity contribution is -0.385. The number of phenols is 1. The normalized spacial score (nSPS) is 12.4. The van der Waals surface area contributed by atoms with Gasteiger partial charge >= 0.3 is 0 Å². The zero-order valence-electron chi connectivity index (χ0n) is 14.2. The molecule has 3 rings (SSSR count). The van der Waals surface area contributed by atoms with E-state index >= 15 is 0 Å². The summed E-state index contributed by atoms with van der Waals surface area (Å²) in [5.74, 6) is 0.0718. The molecule has 1 N–H and O–H groups in total. The van der Waals surface area contributed by atoms with Crippen LogP contribution in [-0.2, 0) is 6.54 Å². The van der Waals surface area contributed by atoms with Crippen LogP contribution in [-0.4, -0.2) is 22.0 Å². The second-order valence-electron chi connectivity index (χ2n) is 6.23. The number of benzene rings is 3. The predicted molar refractivity (Wildman–Crippen MR) is 98.6 cm³/mol. The van der Waals surface area contributed by atoms with E-state index in [0.29, 0.717) is 12.1 Å². The molecule has 5 heteroatoms. The highest BCUT2D eigenvalue weighted by atomic mass is 16.6. The Morgan fingerprint density at radius 2 is 1.84 bits per heavy atom. The van der Waals surface area contributed by atoms with E-state index in [1.807, 2.05) is 25.2 Å². The molecule has 0 saturated carbocycles. The van der Waals surface area contributed by atoms with Gasteiger partial charge in [-0.15, -0.1) is 0 Å². The van der Waals surface area contributed by atoms with Crippen LogP contribution in [0.2, 0.25) is 0 Å². The van der Waals surface area contributed by atoms with E-state index in [1.54, 1.807) is 0 Å². The molecule has 0 spiro atoms. The van der Waals surface area contributed by atoms with E-state index in [0.717, 1.165) is 0 Å². The second-order valence-corrected chi connectivity index (χ2v) is 6.23. The Labute approximate surface area is 146 Å². The summed E-state index contributed by atoms with van der Waals surface area (Å²) in [6.45, 7) is 2.51. The molecule has 0 amide bonds. The van der Waals surface area contributed by atoms with Gasteiger partial charge in [0.05, 0.1) is 4.92 Å². The number of hydrogen-bond acceptors (Lipinski definition) is 4. The molecular formula is C20H20N2O3. The van der Waals surface area contributed by atoms with Crippen LogP contribution >= 0.6 is 0 Å². The van der Waals surface area contributed by atoms with Crippen LogP contribution in [0.5, 0.6) is 5.75 Å². The highest BCUT2D eigenvalue weighted by molar-refractivity contribution is 5.86. The maximum atomic E-state index is 11.0. The molecule has 0 aliphatic heterocycles. The van der Waals surface area contributed by atoms with E-state index in [1.165, 1.54) is 34.5 Å². The molecule has 0 radical (unpaired) electrons. The van der Waals surface area contributed by atoms with Crippen molar-refractivity contribution in [2.24, 2.45) is 0 Å². The molecule has 0 bridgehead atoms. The molecule has 0 heterocycles. The molecule has 0 aliphatic carbocycles. The third-order valence-electron chi connectivity index (χ3n) is 4.63. The molecule has 0 unspecified atom stereocenters. The lowest BCUT2D eigenvalue weighted by Crippen LogP contribution is -2.22. The van der Waals surface area contributed by atoms with Crippen molar-refractivity contribution in [1.82, 2.24) is 4.90 Å². The summed E-state index contributed by atoms with van der Waals surface area (Å²) in [6, 6.07) is 18.6. The van der Waals surface area contributed by atoms with E-state index in [9.17, 15) is 15.2 Å². The van der Waals surface area contributed by atoms with Crippen LogP contribution < -0.4 is 0 Å². The summed E-state index contributed by atoms with van der Waals surface area (Å²) < 4.78 is 0. The van der Waals surface area contributed by atoms with Crippen molar-refractivity contribution in [3.05, 3.63) is 81.9 Å². The molecule has 25 heavy (non-hydrogen) atoms. The van der Waals surface area contributed by atoms with Crippen LogP contribution in [0.25, 0.3) is 10.8 Å². The average Bonchev–Trinajstić information content (AvgIpc) is 2.62. The summed E-state index contributed by atoms with van der Waals surface area (Å²) >= 11 is 0. The van der Waals surface area contributed by atoms with Gasteiger partial charge in [-0.25, -0.2) is 0 Å². The summed E-state index contributed by atoms with van der Waals surface area (Å²) in [6.07, 6.45) is 0. The number of nitro groups is 1. The van der Waals surface area contributed by atoms with E-state index in [2.05, 4.69) is 36.1 Å². The SMILES string of the molecule is C[C@H](c1cccc2ccccc12)N(C)Cc1cc([N+](=O)[O-])ccc1O. The Morgan fingerprint density at radius 3 is 2.60 bits per heavy atom. The maximum Gasteiger partial charge on any atom is 0.270 e. The summed E-state index contributed by atoms with van der Waals surface area (Å²) in [7, 11) is 1.95. The number of non-ortho nitro benzene ring substituents is 1. The van der Waals surface area contributed by atoms with Gasteiger partial charge in [0, 0.05) is 30.3 Å². The Kier molecular flexibility index (Phi) is 4.67.